The van der Waals surface area contributed by atoms with E-state index in [-0.39, 0.29) is 17.5 Å². The van der Waals surface area contributed by atoms with Crippen LogP contribution in [0.1, 0.15) is 43.4 Å². The van der Waals surface area contributed by atoms with Crippen molar-refractivity contribution in [2.45, 2.75) is 44.8 Å². The molecule has 0 aliphatic carbocycles. The Morgan fingerprint density at radius 2 is 2.22 bits per heavy atom. The minimum Gasteiger partial charge on any atom is -0.373 e. The predicted molar refractivity (Wildman–Crippen MR) is 69.4 cm³/mol. The lowest BCUT2D eigenvalue weighted by Gasteiger charge is -2.41. The van der Waals surface area contributed by atoms with Crippen LogP contribution < -0.4 is 11.3 Å². The van der Waals surface area contributed by atoms with Crippen LogP contribution in [-0.4, -0.2) is 12.2 Å². The lowest BCUT2D eigenvalue weighted by atomic mass is 9.83. The van der Waals surface area contributed by atoms with Crippen molar-refractivity contribution in [2.24, 2.45) is 5.84 Å². The monoisotopic (exact) mass is 252 g/mol. The molecule has 2 rings (SSSR count). The minimum absolute atomic E-state index is 0.187. The third-order valence-electron chi connectivity index (χ3n) is 3.83. The number of benzene rings is 1. The Kier molecular flexibility index (Phi) is 4.00. The first kappa shape index (κ1) is 13.5. The highest BCUT2D eigenvalue weighted by Gasteiger charge is 2.38. The van der Waals surface area contributed by atoms with Crippen LogP contribution >= 0.6 is 0 Å². The topological polar surface area (TPSA) is 47.3 Å². The van der Waals surface area contributed by atoms with E-state index in [0.29, 0.717) is 0 Å². The number of nitrogens with two attached hydrogens (primary N) is 1. The van der Waals surface area contributed by atoms with E-state index in [2.05, 4.69) is 5.43 Å². The van der Waals surface area contributed by atoms with Crippen LogP contribution in [0.25, 0.3) is 0 Å². The summed E-state index contributed by atoms with van der Waals surface area (Å²) in [7, 11) is 0. The fourth-order valence-corrected chi connectivity index (χ4v) is 2.70. The van der Waals surface area contributed by atoms with Gasteiger partial charge < -0.3 is 4.74 Å². The van der Waals surface area contributed by atoms with Gasteiger partial charge >= 0.3 is 0 Å². The summed E-state index contributed by atoms with van der Waals surface area (Å²) in [5.41, 5.74) is 4.34. The van der Waals surface area contributed by atoms with Crippen LogP contribution in [0.4, 0.5) is 4.39 Å². The quantitative estimate of drug-likeness (QED) is 0.642. The molecule has 1 aromatic carbocycles. The summed E-state index contributed by atoms with van der Waals surface area (Å²) in [4.78, 5) is 0. The molecule has 1 aliphatic heterocycles. The molecule has 1 heterocycles. The van der Waals surface area contributed by atoms with E-state index in [9.17, 15) is 4.39 Å². The summed E-state index contributed by atoms with van der Waals surface area (Å²) in [6, 6.07) is 4.61. The number of aryl methyl sites for hydroxylation is 1. The van der Waals surface area contributed by atoms with Crippen molar-refractivity contribution < 1.29 is 9.13 Å². The third kappa shape index (κ3) is 2.55. The van der Waals surface area contributed by atoms with Crippen LogP contribution in [0.3, 0.4) is 0 Å². The molecular weight excluding hydrogens is 231 g/mol. The number of halogens is 1. The lowest BCUT2D eigenvalue weighted by molar-refractivity contribution is -0.0900. The molecule has 0 saturated carbocycles. The maximum absolute atomic E-state index is 13.4. The van der Waals surface area contributed by atoms with Gasteiger partial charge in [0, 0.05) is 6.61 Å². The molecular formula is C14H21FN2O. The first-order chi connectivity index (χ1) is 8.57. The molecule has 0 amide bonds. The molecule has 2 unspecified atom stereocenters. The number of hydrazine groups is 1. The molecule has 0 bridgehead atoms. The predicted octanol–water partition coefficient (Wildman–Crippen LogP) is 2.60. The molecule has 1 aromatic rings. The van der Waals surface area contributed by atoms with Gasteiger partial charge in [-0.1, -0.05) is 6.07 Å². The second kappa shape index (κ2) is 5.34. The summed E-state index contributed by atoms with van der Waals surface area (Å²) in [6.07, 6.45) is 3.12. The molecule has 4 heteroatoms. The van der Waals surface area contributed by atoms with E-state index in [0.717, 1.165) is 37.0 Å². The highest BCUT2D eigenvalue weighted by molar-refractivity contribution is 5.31. The summed E-state index contributed by atoms with van der Waals surface area (Å²) < 4.78 is 19.3. The molecule has 3 N–H and O–H groups in total. The molecule has 18 heavy (non-hydrogen) atoms. The van der Waals surface area contributed by atoms with Gasteiger partial charge in [-0.25, -0.2) is 4.39 Å². The Morgan fingerprint density at radius 3 is 2.83 bits per heavy atom. The smallest absolute Gasteiger partial charge is 0.123 e. The Hall–Kier alpha value is -0.970. The van der Waals surface area contributed by atoms with Crippen LogP contribution in [0.2, 0.25) is 0 Å². The van der Waals surface area contributed by atoms with Gasteiger partial charge in [0.1, 0.15) is 5.82 Å². The molecule has 2 atom stereocenters. The van der Waals surface area contributed by atoms with Gasteiger partial charge in [0.25, 0.3) is 0 Å². The van der Waals surface area contributed by atoms with Crippen molar-refractivity contribution in [1.29, 1.82) is 0 Å². The Morgan fingerprint density at radius 1 is 1.44 bits per heavy atom. The molecule has 0 spiro atoms. The van der Waals surface area contributed by atoms with E-state index in [1.165, 1.54) is 6.07 Å². The first-order valence-corrected chi connectivity index (χ1v) is 6.43. The van der Waals surface area contributed by atoms with Gasteiger partial charge in [-0.2, -0.15) is 0 Å². The molecule has 0 radical (unpaired) electrons. The highest BCUT2D eigenvalue weighted by Crippen LogP contribution is 2.37. The summed E-state index contributed by atoms with van der Waals surface area (Å²) in [5, 5.41) is 0. The van der Waals surface area contributed by atoms with Crippen molar-refractivity contribution in [1.82, 2.24) is 5.43 Å². The zero-order chi connectivity index (χ0) is 13.2. The van der Waals surface area contributed by atoms with E-state index < -0.39 is 0 Å². The molecule has 1 fully saturated rings. The van der Waals surface area contributed by atoms with E-state index in [1.807, 2.05) is 13.8 Å². The van der Waals surface area contributed by atoms with Crippen molar-refractivity contribution in [2.75, 3.05) is 6.61 Å². The Labute approximate surface area is 107 Å². The maximum Gasteiger partial charge on any atom is 0.123 e. The highest BCUT2D eigenvalue weighted by atomic mass is 19.1. The van der Waals surface area contributed by atoms with Crippen molar-refractivity contribution in [3.63, 3.8) is 0 Å². The number of rotatable bonds is 3. The van der Waals surface area contributed by atoms with Crippen LogP contribution in [0.5, 0.6) is 0 Å². The largest absolute Gasteiger partial charge is 0.373 e. The Balaban J connectivity index is 2.35. The SMILES string of the molecule is Cc1ccc(F)cc1C(NN)C1(C)CCCCO1. The average molecular weight is 252 g/mol. The van der Waals surface area contributed by atoms with Crippen LogP contribution in [0, 0.1) is 12.7 Å². The van der Waals surface area contributed by atoms with E-state index in [1.54, 1.807) is 12.1 Å². The second-order valence-electron chi connectivity index (χ2n) is 5.22. The zero-order valence-corrected chi connectivity index (χ0v) is 11.0. The van der Waals surface area contributed by atoms with E-state index >= 15 is 0 Å². The minimum atomic E-state index is -0.369. The Bertz CT molecular complexity index is 416. The number of ether oxygens (including phenoxy) is 1. The van der Waals surface area contributed by atoms with E-state index in [4.69, 9.17) is 10.6 Å². The van der Waals surface area contributed by atoms with Gasteiger partial charge in [-0.15, -0.1) is 0 Å². The van der Waals surface area contributed by atoms with Crippen LogP contribution in [-0.2, 0) is 4.74 Å². The van der Waals surface area contributed by atoms with Gasteiger partial charge in [-0.05, 0) is 56.4 Å². The molecule has 100 valence electrons. The molecule has 1 aliphatic rings. The molecule has 0 aromatic heterocycles. The second-order valence-corrected chi connectivity index (χ2v) is 5.22. The maximum atomic E-state index is 13.4. The fraction of sp³-hybridized carbons (Fsp3) is 0.571. The van der Waals surface area contributed by atoms with Gasteiger partial charge in [0.2, 0.25) is 0 Å². The summed E-state index contributed by atoms with van der Waals surface area (Å²) in [6.45, 7) is 4.75. The van der Waals surface area contributed by atoms with Crippen molar-refractivity contribution in [3.05, 3.63) is 35.1 Å². The van der Waals surface area contributed by atoms with Gasteiger partial charge in [0.05, 0.1) is 11.6 Å². The normalized spacial score (nSPS) is 26.0. The zero-order valence-electron chi connectivity index (χ0n) is 11.0. The third-order valence-corrected chi connectivity index (χ3v) is 3.83. The standard InChI is InChI=1S/C14H21FN2O/c1-10-5-6-11(15)9-12(10)13(17-16)14(2)7-3-4-8-18-14/h5-6,9,13,17H,3-4,7-8,16H2,1-2H3. The lowest BCUT2D eigenvalue weighted by Crippen LogP contribution is -2.48. The fourth-order valence-electron chi connectivity index (χ4n) is 2.70. The number of hydrogen-bond acceptors (Lipinski definition) is 3. The number of nitrogens with one attached hydrogen (secondary N) is 1. The van der Waals surface area contributed by atoms with Gasteiger partial charge in [0.15, 0.2) is 0 Å². The van der Waals surface area contributed by atoms with Crippen molar-refractivity contribution >= 4 is 0 Å². The number of hydrogen-bond donors (Lipinski definition) is 2. The van der Waals surface area contributed by atoms with Crippen molar-refractivity contribution in [3.8, 4) is 0 Å². The molecule has 1 saturated heterocycles. The molecule has 3 nitrogen and oxygen atoms in total. The van der Waals surface area contributed by atoms with Gasteiger partial charge in [-0.3, -0.25) is 11.3 Å². The average Bonchev–Trinajstić information content (AvgIpc) is 2.35. The van der Waals surface area contributed by atoms with Crippen LogP contribution in [0.15, 0.2) is 18.2 Å². The first-order valence-electron chi connectivity index (χ1n) is 6.43. The summed E-state index contributed by atoms with van der Waals surface area (Å²) in [5.74, 6) is 5.45. The summed E-state index contributed by atoms with van der Waals surface area (Å²) >= 11 is 0.